The maximum atomic E-state index is 8.86. The first-order chi connectivity index (χ1) is 7.62. The zero-order chi connectivity index (χ0) is 12.3. The van der Waals surface area contributed by atoms with Crippen LogP contribution in [0.1, 0.15) is 71.6 Å². The normalized spacial score (nSPS) is 11.4. The largest absolute Gasteiger partial charge is 0.198 e. The number of hydrogen-bond donors (Lipinski definition) is 0. The predicted molar refractivity (Wildman–Crippen MR) is 71.7 cm³/mol. The van der Waals surface area contributed by atoms with Crippen molar-refractivity contribution in [3.63, 3.8) is 0 Å². The molecule has 0 rings (SSSR count). The van der Waals surface area contributed by atoms with Crippen molar-refractivity contribution in [1.82, 2.24) is 0 Å². The van der Waals surface area contributed by atoms with Crippen LogP contribution in [0.4, 0.5) is 0 Å². The van der Waals surface area contributed by atoms with Gasteiger partial charge >= 0.3 is 0 Å². The second kappa shape index (κ2) is 9.97. The third kappa shape index (κ3) is 10.3. The van der Waals surface area contributed by atoms with Crippen LogP contribution >= 0.6 is 11.6 Å². The molecule has 0 aliphatic heterocycles. The van der Waals surface area contributed by atoms with Crippen LogP contribution in [0.5, 0.6) is 0 Å². The molecule has 0 atom stereocenters. The van der Waals surface area contributed by atoms with E-state index in [0.717, 1.165) is 18.7 Å². The lowest BCUT2D eigenvalue weighted by molar-refractivity contribution is 0.418. The molecule has 0 aliphatic rings. The molecular weight excluding hydrogens is 218 g/mol. The van der Waals surface area contributed by atoms with Crippen molar-refractivity contribution in [2.24, 2.45) is 5.41 Å². The van der Waals surface area contributed by atoms with Crippen LogP contribution in [0.3, 0.4) is 0 Å². The zero-order valence-corrected chi connectivity index (χ0v) is 11.7. The van der Waals surface area contributed by atoms with Gasteiger partial charge < -0.3 is 0 Å². The van der Waals surface area contributed by atoms with Crippen molar-refractivity contribution in [3.05, 3.63) is 0 Å². The highest BCUT2D eigenvalue weighted by Crippen LogP contribution is 2.22. The number of rotatable bonds is 10. The molecule has 94 valence electrons. The van der Waals surface area contributed by atoms with Crippen LogP contribution in [0, 0.1) is 16.7 Å². The molecule has 1 nitrogen and oxygen atoms in total. The Balaban J connectivity index is 3.14. The Kier molecular flexibility index (Phi) is 9.83. The fourth-order valence-corrected chi connectivity index (χ4v) is 1.97. The van der Waals surface area contributed by atoms with Gasteiger partial charge in [0.1, 0.15) is 0 Å². The smallest absolute Gasteiger partial charge is 0.0683 e. The predicted octanol–water partition coefficient (Wildman–Crippen LogP) is 5.29. The van der Waals surface area contributed by atoms with Crippen LogP contribution in [0.2, 0.25) is 0 Å². The van der Waals surface area contributed by atoms with Gasteiger partial charge in [0.05, 0.1) is 11.5 Å². The molecule has 0 spiro atoms. The third-order valence-electron chi connectivity index (χ3n) is 2.99. The van der Waals surface area contributed by atoms with Gasteiger partial charge in [0.2, 0.25) is 0 Å². The van der Waals surface area contributed by atoms with Crippen LogP contribution in [0.15, 0.2) is 0 Å². The summed E-state index contributed by atoms with van der Waals surface area (Å²) in [5.74, 6) is 0.809. The molecule has 0 bridgehead atoms. The van der Waals surface area contributed by atoms with Crippen molar-refractivity contribution < 1.29 is 0 Å². The van der Waals surface area contributed by atoms with Crippen molar-refractivity contribution >= 4 is 11.6 Å². The van der Waals surface area contributed by atoms with E-state index < -0.39 is 0 Å². The van der Waals surface area contributed by atoms with Crippen LogP contribution < -0.4 is 0 Å². The molecule has 0 radical (unpaired) electrons. The van der Waals surface area contributed by atoms with Crippen LogP contribution in [0.25, 0.3) is 0 Å². The van der Waals surface area contributed by atoms with Crippen molar-refractivity contribution in [3.8, 4) is 6.07 Å². The van der Waals surface area contributed by atoms with E-state index >= 15 is 0 Å². The van der Waals surface area contributed by atoms with Crippen LogP contribution in [-0.2, 0) is 0 Å². The van der Waals surface area contributed by atoms with E-state index in [1.165, 1.54) is 44.9 Å². The highest BCUT2D eigenvalue weighted by Gasteiger charge is 2.14. The summed E-state index contributed by atoms with van der Waals surface area (Å²) >= 11 is 5.61. The average molecular weight is 244 g/mol. The Morgan fingerprint density at radius 2 is 1.31 bits per heavy atom. The van der Waals surface area contributed by atoms with E-state index in [9.17, 15) is 0 Å². The minimum atomic E-state index is -0.125. The summed E-state index contributed by atoms with van der Waals surface area (Å²) in [4.78, 5) is 0. The van der Waals surface area contributed by atoms with Gasteiger partial charge in [-0.25, -0.2) is 0 Å². The molecule has 0 aliphatic carbocycles. The molecule has 0 aromatic rings. The summed E-state index contributed by atoms with van der Waals surface area (Å²) < 4.78 is 0. The van der Waals surface area contributed by atoms with Gasteiger partial charge in [-0.1, -0.05) is 44.9 Å². The minimum Gasteiger partial charge on any atom is -0.198 e. The number of nitrogens with zero attached hydrogens (tertiary/aromatic N) is 1. The lowest BCUT2D eigenvalue weighted by Gasteiger charge is -2.13. The molecule has 0 aromatic heterocycles. The van der Waals surface area contributed by atoms with E-state index in [0.29, 0.717) is 0 Å². The molecule has 0 aromatic carbocycles. The topological polar surface area (TPSA) is 23.8 Å². The van der Waals surface area contributed by atoms with Gasteiger partial charge in [0, 0.05) is 5.88 Å². The zero-order valence-electron chi connectivity index (χ0n) is 10.9. The molecule has 0 heterocycles. The Labute approximate surface area is 106 Å². The first-order valence-corrected chi connectivity index (χ1v) is 7.13. The molecule has 2 heteroatoms. The average Bonchev–Trinajstić information content (AvgIpc) is 2.27. The standard InChI is InChI=1S/C14H26ClN/c1-14(2,13-16)11-9-7-5-3-4-6-8-10-12-15/h3-12H2,1-2H3. The van der Waals surface area contributed by atoms with Gasteiger partial charge in [-0.15, -0.1) is 11.6 Å². The molecule has 0 saturated carbocycles. The molecule has 0 amide bonds. The second-order valence-corrected chi connectivity index (χ2v) is 5.64. The quantitative estimate of drug-likeness (QED) is 0.378. The Bertz CT molecular complexity index is 193. The van der Waals surface area contributed by atoms with Gasteiger partial charge in [0.15, 0.2) is 0 Å². The summed E-state index contributed by atoms with van der Waals surface area (Å²) in [5, 5.41) is 8.86. The van der Waals surface area contributed by atoms with Gasteiger partial charge in [0.25, 0.3) is 0 Å². The number of alkyl halides is 1. The molecule has 0 fully saturated rings. The maximum absolute atomic E-state index is 8.86. The summed E-state index contributed by atoms with van der Waals surface area (Å²) in [7, 11) is 0. The summed E-state index contributed by atoms with van der Waals surface area (Å²) in [6.07, 6.45) is 11.3. The SMILES string of the molecule is CC(C)(C#N)CCCCCCCCCCCl. The van der Waals surface area contributed by atoms with Crippen LogP contribution in [-0.4, -0.2) is 5.88 Å². The van der Waals surface area contributed by atoms with Gasteiger partial charge in [-0.05, 0) is 26.7 Å². The maximum Gasteiger partial charge on any atom is 0.0683 e. The number of nitriles is 1. The first-order valence-electron chi connectivity index (χ1n) is 6.59. The van der Waals surface area contributed by atoms with Crippen molar-refractivity contribution in [2.45, 2.75) is 71.6 Å². The summed E-state index contributed by atoms with van der Waals surface area (Å²) in [6, 6.07) is 2.35. The highest BCUT2D eigenvalue weighted by atomic mass is 35.5. The lowest BCUT2D eigenvalue weighted by atomic mass is 9.88. The minimum absolute atomic E-state index is 0.125. The Hall–Kier alpha value is -0.220. The molecular formula is C14H26ClN. The van der Waals surface area contributed by atoms with E-state index in [1.807, 2.05) is 13.8 Å². The second-order valence-electron chi connectivity index (χ2n) is 5.26. The number of hydrogen-bond acceptors (Lipinski definition) is 1. The first kappa shape index (κ1) is 15.8. The lowest BCUT2D eigenvalue weighted by Crippen LogP contribution is -2.06. The van der Waals surface area contributed by atoms with E-state index in [1.54, 1.807) is 0 Å². The monoisotopic (exact) mass is 243 g/mol. The number of unbranched alkanes of at least 4 members (excludes halogenated alkanes) is 7. The molecule has 0 saturated heterocycles. The van der Waals surface area contributed by atoms with Crippen molar-refractivity contribution in [2.75, 3.05) is 5.88 Å². The fourth-order valence-electron chi connectivity index (χ4n) is 1.78. The summed E-state index contributed by atoms with van der Waals surface area (Å²) in [5.41, 5.74) is -0.125. The van der Waals surface area contributed by atoms with Crippen molar-refractivity contribution in [1.29, 1.82) is 5.26 Å². The fraction of sp³-hybridized carbons (Fsp3) is 0.929. The molecule has 0 unspecified atom stereocenters. The van der Waals surface area contributed by atoms with E-state index in [2.05, 4.69) is 6.07 Å². The Morgan fingerprint density at radius 1 is 0.875 bits per heavy atom. The van der Waals surface area contributed by atoms with E-state index in [-0.39, 0.29) is 5.41 Å². The molecule has 0 N–H and O–H groups in total. The molecule has 16 heavy (non-hydrogen) atoms. The van der Waals surface area contributed by atoms with E-state index in [4.69, 9.17) is 16.9 Å². The highest BCUT2D eigenvalue weighted by molar-refractivity contribution is 6.17. The Morgan fingerprint density at radius 3 is 1.75 bits per heavy atom. The van der Waals surface area contributed by atoms with Gasteiger partial charge in [-0.3, -0.25) is 0 Å². The third-order valence-corrected chi connectivity index (χ3v) is 3.26. The summed E-state index contributed by atoms with van der Waals surface area (Å²) in [6.45, 7) is 4.05. The number of halogens is 1. The van der Waals surface area contributed by atoms with Gasteiger partial charge in [-0.2, -0.15) is 5.26 Å².